The molecule has 0 bridgehead atoms. The molecule has 1 saturated heterocycles. The molecular weight excluding hydrogens is 475 g/mol. The van der Waals surface area contributed by atoms with Gasteiger partial charge < -0.3 is 4.98 Å². The first-order valence-electron chi connectivity index (χ1n) is 13.1. The minimum Gasteiger partial charge on any atom is -0.353 e. The minimum atomic E-state index is -0.247. The molecule has 6 nitrogen and oxygen atoms in total. The van der Waals surface area contributed by atoms with Crippen LogP contribution in [0.15, 0.2) is 79.3 Å². The van der Waals surface area contributed by atoms with Crippen molar-refractivity contribution in [3.05, 3.63) is 90.6 Å². The molecule has 0 spiro atoms. The molecule has 7 heteroatoms. The highest BCUT2D eigenvalue weighted by molar-refractivity contribution is 6.01. The van der Waals surface area contributed by atoms with E-state index in [1.165, 1.54) is 30.9 Å². The molecule has 0 aliphatic carbocycles. The third-order valence-electron chi connectivity index (χ3n) is 7.45. The van der Waals surface area contributed by atoms with Crippen LogP contribution in [0.3, 0.4) is 0 Å². The number of nitrogens with zero attached hydrogens (tertiary/aromatic N) is 4. The molecule has 6 aromatic rings. The number of aromatic nitrogens is 5. The second-order valence-corrected chi connectivity index (χ2v) is 10.1. The normalized spacial score (nSPS) is 14.4. The van der Waals surface area contributed by atoms with Gasteiger partial charge in [0.05, 0.1) is 23.1 Å². The Kier molecular flexibility index (Phi) is 5.70. The molecule has 2 aromatic carbocycles. The summed E-state index contributed by atoms with van der Waals surface area (Å²) in [6, 6.07) is 19.1. The van der Waals surface area contributed by atoms with Crippen LogP contribution in [0.5, 0.6) is 0 Å². The summed E-state index contributed by atoms with van der Waals surface area (Å²) in [7, 11) is 0. The fraction of sp³-hybridized carbons (Fsp3) is 0.194. The third kappa shape index (κ3) is 4.25. The maximum absolute atomic E-state index is 13.9. The van der Waals surface area contributed by atoms with E-state index in [0.717, 1.165) is 75.2 Å². The third-order valence-corrected chi connectivity index (χ3v) is 7.45. The average Bonchev–Trinajstić information content (AvgIpc) is 3.57. The highest BCUT2D eigenvalue weighted by atomic mass is 19.1. The largest absolute Gasteiger partial charge is 0.353 e. The Morgan fingerprint density at radius 2 is 1.71 bits per heavy atom. The smallest absolute Gasteiger partial charge is 0.123 e. The van der Waals surface area contributed by atoms with Crippen molar-refractivity contribution in [2.24, 2.45) is 0 Å². The number of aromatic amines is 2. The molecule has 188 valence electrons. The summed E-state index contributed by atoms with van der Waals surface area (Å²) in [6.07, 6.45) is 9.54. The molecule has 0 atom stereocenters. The fourth-order valence-electron chi connectivity index (χ4n) is 5.56. The summed E-state index contributed by atoms with van der Waals surface area (Å²) in [5, 5.41) is 9.76. The number of nitrogens with one attached hydrogen (secondary N) is 2. The van der Waals surface area contributed by atoms with E-state index in [-0.39, 0.29) is 5.82 Å². The van der Waals surface area contributed by atoms with E-state index in [4.69, 9.17) is 4.98 Å². The van der Waals surface area contributed by atoms with Crippen LogP contribution in [0.2, 0.25) is 0 Å². The maximum atomic E-state index is 13.9. The summed E-state index contributed by atoms with van der Waals surface area (Å²) in [4.78, 5) is 15.2. The van der Waals surface area contributed by atoms with Crippen LogP contribution < -0.4 is 0 Å². The predicted octanol–water partition coefficient (Wildman–Crippen LogP) is 6.96. The monoisotopic (exact) mass is 502 g/mol. The van der Waals surface area contributed by atoms with Gasteiger partial charge in [-0.3, -0.25) is 20.0 Å². The van der Waals surface area contributed by atoms with E-state index < -0.39 is 0 Å². The lowest BCUT2D eigenvalue weighted by molar-refractivity contribution is 0.220. The van der Waals surface area contributed by atoms with Crippen molar-refractivity contribution in [1.29, 1.82) is 0 Å². The van der Waals surface area contributed by atoms with Gasteiger partial charge in [-0.1, -0.05) is 30.7 Å². The van der Waals surface area contributed by atoms with E-state index in [2.05, 4.69) is 43.3 Å². The van der Waals surface area contributed by atoms with E-state index in [1.807, 2.05) is 42.9 Å². The number of hydrogen-bond acceptors (Lipinski definition) is 4. The zero-order valence-electron chi connectivity index (χ0n) is 20.9. The first kappa shape index (κ1) is 22.8. The quantitative estimate of drug-likeness (QED) is 0.267. The van der Waals surface area contributed by atoms with Gasteiger partial charge in [0.25, 0.3) is 0 Å². The summed E-state index contributed by atoms with van der Waals surface area (Å²) in [5.41, 5.74) is 8.45. The van der Waals surface area contributed by atoms with Crippen LogP contribution in [0.1, 0.15) is 24.8 Å². The first-order valence-corrected chi connectivity index (χ1v) is 13.1. The molecule has 0 radical (unpaired) electrons. The Bertz CT molecular complexity index is 1760. The summed E-state index contributed by atoms with van der Waals surface area (Å²) < 4.78 is 13.9. The minimum absolute atomic E-state index is 0.247. The molecular formula is C31H27FN6. The van der Waals surface area contributed by atoms with Crippen LogP contribution in [-0.4, -0.2) is 43.1 Å². The fourth-order valence-corrected chi connectivity index (χ4v) is 5.56. The van der Waals surface area contributed by atoms with Crippen molar-refractivity contribution in [2.75, 3.05) is 13.1 Å². The zero-order valence-corrected chi connectivity index (χ0v) is 20.9. The van der Waals surface area contributed by atoms with Gasteiger partial charge in [0.2, 0.25) is 0 Å². The number of rotatable bonds is 5. The number of halogens is 1. The van der Waals surface area contributed by atoms with Gasteiger partial charge >= 0.3 is 0 Å². The lowest BCUT2D eigenvalue weighted by Crippen LogP contribution is -2.29. The topological polar surface area (TPSA) is 73.5 Å². The Balaban J connectivity index is 1.26. The number of hydrogen-bond donors (Lipinski definition) is 2. The molecule has 5 heterocycles. The van der Waals surface area contributed by atoms with Crippen LogP contribution in [0.4, 0.5) is 4.39 Å². The standard InChI is InChI=1S/C31H27FN6/c32-23-7-4-6-21(13-23)24-8-5-9-27-25(24)14-29(35-27)31-26-15-28(34-18-30(26)36-37-31)22-12-20(16-33-17-22)19-38-10-2-1-3-11-38/h4-9,12-18,35H,1-3,10-11,19H2,(H,36,37). The van der Waals surface area contributed by atoms with Gasteiger partial charge in [0.1, 0.15) is 11.5 Å². The number of likely N-dealkylation sites (tertiary alicyclic amines) is 1. The summed E-state index contributed by atoms with van der Waals surface area (Å²) in [6.45, 7) is 3.22. The summed E-state index contributed by atoms with van der Waals surface area (Å²) >= 11 is 0. The van der Waals surface area contributed by atoms with Crippen molar-refractivity contribution in [3.8, 4) is 33.8 Å². The van der Waals surface area contributed by atoms with Crippen molar-refractivity contribution in [2.45, 2.75) is 25.8 Å². The number of piperidine rings is 1. The lowest BCUT2D eigenvalue weighted by atomic mass is 10.0. The van der Waals surface area contributed by atoms with Crippen molar-refractivity contribution < 1.29 is 4.39 Å². The highest BCUT2D eigenvalue weighted by Crippen LogP contribution is 2.35. The predicted molar refractivity (Wildman–Crippen MR) is 149 cm³/mol. The molecule has 7 rings (SSSR count). The average molecular weight is 503 g/mol. The van der Waals surface area contributed by atoms with E-state index >= 15 is 0 Å². The molecule has 4 aromatic heterocycles. The molecule has 0 amide bonds. The van der Waals surface area contributed by atoms with Gasteiger partial charge in [-0.15, -0.1) is 0 Å². The second-order valence-electron chi connectivity index (χ2n) is 10.1. The Morgan fingerprint density at radius 1 is 0.816 bits per heavy atom. The van der Waals surface area contributed by atoms with Crippen LogP contribution in [0, 0.1) is 5.82 Å². The van der Waals surface area contributed by atoms with Crippen molar-refractivity contribution >= 4 is 21.8 Å². The first-order chi connectivity index (χ1) is 18.7. The van der Waals surface area contributed by atoms with Crippen molar-refractivity contribution in [3.63, 3.8) is 0 Å². The lowest BCUT2D eigenvalue weighted by Gasteiger charge is -2.26. The van der Waals surface area contributed by atoms with Gasteiger partial charge in [-0.05, 0) is 79.0 Å². The van der Waals surface area contributed by atoms with E-state index in [1.54, 1.807) is 12.1 Å². The molecule has 0 unspecified atom stereocenters. The molecule has 0 saturated carbocycles. The molecule has 1 aliphatic rings. The number of H-pyrrole nitrogens is 2. The van der Waals surface area contributed by atoms with Crippen LogP contribution >= 0.6 is 0 Å². The number of benzene rings is 2. The Labute approximate surface area is 219 Å². The second kappa shape index (κ2) is 9.50. The number of fused-ring (bicyclic) bond motifs is 2. The van der Waals surface area contributed by atoms with Crippen molar-refractivity contribution in [1.82, 2.24) is 30.0 Å². The van der Waals surface area contributed by atoms with E-state index in [0.29, 0.717) is 0 Å². The molecule has 1 fully saturated rings. The Morgan fingerprint density at radius 3 is 2.61 bits per heavy atom. The van der Waals surface area contributed by atoms with Gasteiger partial charge in [-0.2, -0.15) is 5.10 Å². The number of pyridine rings is 2. The van der Waals surface area contributed by atoms with Gasteiger partial charge in [-0.25, -0.2) is 4.39 Å². The maximum Gasteiger partial charge on any atom is 0.123 e. The molecule has 2 N–H and O–H groups in total. The van der Waals surface area contributed by atoms with Crippen LogP contribution in [0.25, 0.3) is 55.6 Å². The zero-order chi connectivity index (χ0) is 25.5. The molecule has 38 heavy (non-hydrogen) atoms. The highest BCUT2D eigenvalue weighted by Gasteiger charge is 2.16. The molecule has 1 aliphatic heterocycles. The summed E-state index contributed by atoms with van der Waals surface area (Å²) in [5.74, 6) is -0.247. The Hall–Kier alpha value is -4.36. The van der Waals surface area contributed by atoms with E-state index in [9.17, 15) is 4.39 Å². The van der Waals surface area contributed by atoms with Crippen LogP contribution in [-0.2, 0) is 6.54 Å². The van der Waals surface area contributed by atoms with Gasteiger partial charge in [0.15, 0.2) is 0 Å². The SMILES string of the molecule is Fc1cccc(-c2cccc3[nH]c(-c4n[nH]c5cnc(-c6cncc(CN7CCCCC7)c6)cc45)cc23)c1. The van der Waals surface area contributed by atoms with Gasteiger partial charge in [0, 0.05) is 40.8 Å².